The number of oxazole rings is 1. The second kappa shape index (κ2) is 13.7. The van der Waals surface area contributed by atoms with Crippen molar-refractivity contribution >= 4 is 11.9 Å². The van der Waals surface area contributed by atoms with Crippen LogP contribution in [0, 0.1) is 6.92 Å². The smallest absolute Gasteiger partial charge is 0.303 e. The Bertz CT molecular complexity index is 1700. The molecule has 1 aromatic heterocycles. The first kappa shape index (κ1) is 29.3. The van der Waals surface area contributed by atoms with Gasteiger partial charge >= 0.3 is 5.97 Å². The molecule has 5 rings (SSSR count). The van der Waals surface area contributed by atoms with E-state index in [1.54, 1.807) is 18.2 Å². The molecule has 1 heterocycles. The number of rotatable bonds is 12. The molecule has 0 aliphatic rings. The number of carbonyl (C=O) groups is 2. The van der Waals surface area contributed by atoms with E-state index in [9.17, 15) is 14.7 Å². The number of aliphatic carboxylic acids is 1. The lowest BCUT2D eigenvalue weighted by Gasteiger charge is -2.17. The number of aryl methyl sites for hydroxylation is 2. The van der Waals surface area contributed by atoms with Crippen LogP contribution in [0.3, 0.4) is 0 Å². The van der Waals surface area contributed by atoms with Crippen LogP contribution in [-0.2, 0) is 17.6 Å². The van der Waals surface area contributed by atoms with Gasteiger partial charge in [0.25, 0.3) is 5.91 Å². The highest BCUT2D eigenvalue weighted by Crippen LogP contribution is 2.28. The third-order valence-corrected chi connectivity index (χ3v) is 7.30. The number of hydrogen-bond acceptors (Lipinski definition) is 5. The zero-order valence-corrected chi connectivity index (χ0v) is 24.2. The van der Waals surface area contributed by atoms with Crippen LogP contribution >= 0.6 is 0 Å². The summed E-state index contributed by atoms with van der Waals surface area (Å²) in [4.78, 5) is 29.3. The van der Waals surface area contributed by atoms with Crippen molar-refractivity contribution in [2.24, 2.45) is 0 Å². The number of ether oxygens (including phenoxy) is 1. The predicted octanol–water partition coefficient (Wildman–Crippen LogP) is 7.45. The Morgan fingerprint density at radius 1 is 0.860 bits per heavy atom. The molecule has 0 saturated carbocycles. The predicted molar refractivity (Wildman–Crippen MR) is 166 cm³/mol. The second-order valence-electron chi connectivity index (χ2n) is 10.4. The average Bonchev–Trinajstić information content (AvgIpc) is 3.41. The van der Waals surface area contributed by atoms with E-state index in [0.29, 0.717) is 35.8 Å². The number of hydrogen-bond donors (Lipinski definition) is 2. The summed E-state index contributed by atoms with van der Waals surface area (Å²) in [5, 5.41) is 12.2. The van der Waals surface area contributed by atoms with Crippen molar-refractivity contribution in [3.05, 3.63) is 131 Å². The number of carbonyl (C=O) groups excluding carboxylic acids is 1. The van der Waals surface area contributed by atoms with E-state index in [1.165, 1.54) is 0 Å². The van der Waals surface area contributed by atoms with E-state index in [-0.39, 0.29) is 24.8 Å². The first-order valence-corrected chi connectivity index (χ1v) is 14.3. The molecule has 0 radical (unpaired) electrons. The fourth-order valence-corrected chi connectivity index (χ4v) is 4.93. The molecular weight excluding hydrogens is 540 g/mol. The van der Waals surface area contributed by atoms with Gasteiger partial charge in [-0.2, -0.15) is 0 Å². The summed E-state index contributed by atoms with van der Waals surface area (Å²) in [5.41, 5.74) is 5.94. The van der Waals surface area contributed by atoms with Gasteiger partial charge in [-0.3, -0.25) is 9.59 Å². The minimum absolute atomic E-state index is 0.0727. The van der Waals surface area contributed by atoms with Crippen LogP contribution < -0.4 is 10.1 Å². The van der Waals surface area contributed by atoms with Gasteiger partial charge in [0.05, 0.1) is 18.3 Å². The van der Waals surface area contributed by atoms with Gasteiger partial charge in [-0.15, -0.1) is 0 Å². The molecule has 43 heavy (non-hydrogen) atoms. The summed E-state index contributed by atoms with van der Waals surface area (Å²) < 4.78 is 12.1. The van der Waals surface area contributed by atoms with Crippen molar-refractivity contribution in [1.29, 1.82) is 0 Å². The molecule has 1 atom stereocenters. The molecule has 0 fully saturated rings. The highest BCUT2D eigenvalue weighted by Gasteiger charge is 2.18. The van der Waals surface area contributed by atoms with E-state index in [0.717, 1.165) is 33.7 Å². The molecule has 2 N–H and O–H groups in total. The zero-order valence-electron chi connectivity index (χ0n) is 24.2. The Morgan fingerprint density at radius 3 is 2.30 bits per heavy atom. The van der Waals surface area contributed by atoms with Gasteiger partial charge in [-0.1, -0.05) is 78.9 Å². The summed E-state index contributed by atoms with van der Waals surface area (Å²) in [6, 6.07) is 32.9. The third kappa shape index (κ3) is 7.57. The molecule has 4 aromatic carbocycles. The Morgan fingerprint density at radius 2 is 1.56 bits per heavy atom. The van der Waals surface area contributed by atoms with E-state index in [1.807, 2.05) is 74.5 Å². The molecule has 0 bridgehead atoms. The number of benzene rings is 4. The minimum atomic E-state index is -0.918. The number of aromatic nitrogens is 1. The quantitative estimate of drug-likeness (QED) is 0.161. The Balaban J connectivity index is 1.27. The molecule has 7 nitrogen and oxygen atoms in total. The van der Waals surface area contributed by atoms with E-state index in [2.05, 4.69) is 29.6 Å². The van der Waals surface area contributed by atoms with Gasteiger partial charge in [0.15, 0.2) is 0 Å². The Labute approximate surface area is 251 Å². The summed E-state index contributed by atoms with van der Waals surface area (Å²) in [6.07, 6.45) is 0.683. The van der Waals surface area contributed by atoms with Crippen molar-refractivity contribution in [2.45, 2.75) is 39.2 Å². The lowest BCUT2D eigenvalue weighted by Crippen LogP contribution is -2.27. The van der Waals surface area contributed by atoms with Crippen LogP contribution in [0.25, 0.3) is 22.6 Å². The Kier molecular flexibility index (Phi) is 9.32. The molecule has 7 heteroatoms. The lowest BCUT2D eigenvalue weighted by atomic mass is 10.0. The lowest BCUT2D eigenvalue weighted by molar-refractivity contribution is -0.136. The van der Waals surface area contributed by atoms with Gasteiger partial charge in [0.1, 0.15) is 11.5 Å². The SMILES string of the molecule is Cc1oc(-c2cccc(-c3ccccc3)c2)nc1CCOc1ccc(CCC(=O)O)c(C(=O)NC(C)c2ccccc2)c1. The Hall–Kier alpha value is -5.17. The number of amides is 1. The maximum absolute atomic E-state index is 13.3. The van der Waals surface area contributed by atoms with E-state index < -0.39 is 5.97 Å². The first-order valence-electron chi connectivity index (χ1n) is 14.3. The van der Waals surface area contributed by atoms with E-state index in [4.69, 9.17) is 14.1 Å². The second-order valence-corrected chi connectivity index (χ2v) is 10.4. The summed E-state index contributed by atoms with van der Waals surface area (Å²) >= 11 is 0. The highest BCUT2D eigenvalue weighted by atomic mass is 16.5. The third-order valence-electron chi connectivity index (χ3n) is 7.30. The molecule has 0 aliphatic carbocycles. The van der Waals surface area contributed by atoms with Crippen LogP contribution in [0.4, 0.5) is 0 Å². The van der Waals surface area contributed by atoms with Gasteiger partial charge in [-0.05, 0) is 66.8 Å². The maximum Gasteiger partial charge on any atom is 0.303 e. The molecule has 218 valence electrons. The number of nitrogens with zero attached hydrogens (tertiary/aromatic N) is 1. The van der Waals surface area contributed by atoms with Gasteiger partial charge < -0.3 is 19.6 Å². The van der Waals surface area contributed by atoms with Crippen LogP contribution in [0.5, 0.6) is 5.75 Å². The minimum Gasteiger partial charge on any atom is -0.493 e. The average molecular weight is 575 g/mol. The number of carboxylic acid groups (broad SMARTS) is 1. The highest BCUT2D eigenvalue weighted by molar-refractivity contribution is 5.96. The zero-order chi connectivity index (χ0) is 30.2. The molecule has 0 aliphatic heterocycles. The number of nitrogens with one attached hydrogen (secondary N) is 1. The molecule has 5 aromatic rings. The largest absolute Gasteiger partial charge is 0.493 e. The van der Waals surface area contributed by atoms with Crippen molar-refractivity contribution in [2.75, 3.05) is 6.61 Å². The van der Waals surface area contributed by atoms with Crippen LogP contribution in [0.2, 0.25) is 0 Å². The van der Waals surface area contributed by atoms with Crippen LogP contribution in [0.1, 0.15) is 52.3 Å². The van der Waals surface area contributed by atoms with E-state index >= 15 is 0 Å². The number of carboxylic acids is 1. The van der Waals surface area contributed by atoms with Crippen molar-refractivity contribution in [1.82, 2.24) is 10.3 Å². The molecule has 0 saturated heterocycles. The first-order chi connectivity index (χ1) is 20.9. The molecular formula is C36H34N2O5. The molecule has 0 spiro atoms. The van der Waals surface area contributed by atoms with Crippen molar-refractivity contribution in [3.8, 4) is 28.3 Å². The molecule has 1 amide bonds. The van der Waals surface area contributed by atoms with Gasteiger partial charge in [0.2, 0.25) is 5.89 Å². The van der Waals surface area contributed by atoms with Gasteiger partial charge in [-0.25, -0.2) is 4.98 Å². The van der Waals surface area contributed by atoms with Gasteiger partial charge in [0, 0.05) is 24.0 Å². The van der Waals surface area contributed by atoms with Crippen molar-refractivity contribution < 1.29 is 23.8 Å². The fourth-order valence-electron chi connectivity index (χ4n) is 4.93. The normalized spacial score (nSPS) is 11.6. The standard InChI is InChI=1S/C36H34N2O5/c1-24(26-10-5-3-6-11-26)37-35(41)32-23-31(18-16-28(32)17-19-34(39)40)42-21-20-33-25(2)43-36(38-33)30-15-9-14-29(22-30)27-12-7-4-8-13-27/h3-16,18,22-24H,17,19-21H2,1-2H3,(H,37,41)(H,39,40). The fraction of sp³-hybridized carbons (Fsp3) is 0.194. The van der Waals surface area contributed by atoms with Crippen LogP contribution in [0.15, 0.2) is 108 Å². The monoisotopic (exact) mass is 574 g/mol. The van der Waals surface area contributed by atoms with Crippen molar-refractivity contribution in [3.63, 3.8) is 0 Å². The summed E-state index contributed by atoms with van der Waals surface area (Å²) in [6.45, 7) is 4.13. The summed E-state index contributed by atoms with van der Waals surface area (Å²) in [7, 11) is 0. The maximum atomic E-state index is 13.3. The molecule has 1 unspecified atom stereocenters. The topological polar surface area (TPSA) is 102 Å². The summed E-state index contributed by atoms with van der Waals surface area (Å²) in [5.74, 6) is 0.603. The van der Waals surface area contributed by atoms with Crippen LogP contribution in [-0.4, -0.2) is 28.6 Å².